The van der Waals surface area contributed by atoms with E-state index in [1.54, 1.807) is 6.92 Å². The maximum absolute atomic E-state index is 13.4. The van der Waals surface area contributed by atoms with Crippen LogP contribution in [0.3, 0.4) is 0 Å². The molecular weight excluding hydrogens is 260 g/mol. The zero-order valence-corrected chi connectivity index (χ0v) is 10.1. The van der Waals surface area contributed by atoms with Crippen molar-refractivity contribution in [2.45, 2.75) is 13.3 Å². The SMILES string of the molecule is CCOC(=O)CC=Cc1cc(F)c([N+](=O)[O-])cc1F. The molecule has 1 aromatic rings. The van der Waals surface area contributed by atoms with Gasteiger partial charge in [-0.05, 0) is 13.0 Å². The third-order valence-corrected chi connectivity index (χ3v) is 2.15. The smallest absolute Gasteiger partial charge is 0.309 e. The molecule has 0 N–H and O–H groups in total. The van der Waals surface area contributed by atoms with Crippen LogP contribution in [-0.2, 0) is 9.53 Å². The average Bonchev–Trinajstić information content (AvgIpc) is 2.33. The van der Waals surface area contributed by atoms with Gasteiger partial charge in [0.2, 0.25) is 5.82 Å². The van der Waals surface area contributed by atoms with Crippen molar-refractivity contribution in [3.63, 3.8) is 0 Å². The van der Waals surface area contributed by atoms with E-state index in [0.29, 0.717) is 12.1 Å². The fourth-order valence-corrected chi connectivity index (χ4v) is 1.32. The van der Waals surface area contributed by atoms with E-state index in [4.69, 9.17) is 0 Å². The Labute approximate surface area is 107 Å². The summed E-state index contributed by atoms with van der Waals surface area (Å²) in [6.07, 6.45) is 2.37. The van der Waals surface area contributed by atoms with Crippen molar-refractivity contribution < 1.29 is 23.2 Å². The summed E-state index contributed by atoms with van der Waals surface area (Å²) in [5.41, 5.74) is -1.10. The molecule has 0 bridgehead atoms. The van der Waals surface area contributed by atoms with Crippen LogP contribution in [0, 0.1) is 21.7 Å². The van der Waals surface area contributed by atoms with Gasteiger partial charge in [0.25, 0.3) is 0 Å². The van der Waals surface area contributed by atoms with Crippen molar-refractivity contribution in [3.8, 4) is 0 Å². The van der Waals surface area contributed by atoms with Gasteiger partial charge in [-0.1, -0.05) is 12.2 Å². The molecule has 0 aromatic heterocycles. The topological polar surface area (TPSA) is 69.4 Å². The second-order valence-corrected chi connectivity index (χ2v) is 3.49. The molecule has 1 rings (SSSR count). The minimum absolute atomic E-state index is 0.0914. The minimum atomic E-state index is -1.14. The summed E-state index contributed by atoms with van der Waals surface area (Å²) in [6, 6.07) is 1.20. The summed E-state index contributed by atoms with van der Waals surface area (Å²) in [4.78, 5) is 20.4. The number of nitro benzene ring substituents is 1. The molecule has 0 atom stereocenters. The molecule has 0 saturated carbocycles. The summed E-state index contributed by atoms with van der Waals surface area (Å²) < 4.78 is 31.3. The van der Waals surface area contributed by atoms with E-state index in [2.05, 4.69) is 4.74 Å². The molecule has 0 heterocycles. The lowest BCUT2D eigenvalue weighted by molar-refractivity contribution is -0.387. The Morgan fingerprint density at radius 1 is 1.42 bits per heavy atom. The van der Waals surface area contributed by atoms with Crippen LogP contribution >= 0.6 is 0 Å². The lowest BCUT2D eigenvalue weighted by Gasteiger charge is -2.00. The molecule has 0 fully saturated rings. The normalized spacial score (nSPS) is 10.7. The third kappa shape index (κ3) is 4.13. The fraction of sp³-hybridized carbons (Fsp3) is 0.250. The first-order valence-corrected chi connectivity index (χ1v) is 5.41. The number of carbonyl (C=O) groups is 1. The first-order chi connectivity index (χ1) is 8.95. The molecule has 0 saturated heterocycles. The lowest BCUT2D eigenvalue weighted by atomic mass is 10.1. The van der Waals surface area contributed by atoms with Crippen LogP contribution < -0.4 is 0 Å². The molecule has 1 aromatic carbocycles. The van der Waals surface area contributed by atoms with E-state index in [1.165, 1.54) is 12.2 Å². The highest BCUT2D eigenvalue weighted by atomic mass is 19.1. The van der Waals surface area contributed by atoms with Crippen molar-refractivity contribution in [1.29, 1.82) is 0 Å². The summed E-state index contributed by atoms with van der Waals surface area (Å²) in [5, 5.41) is 10.4. The van der Waals surface area contributed by atoms with Gasteiger partial charge in [0, 0.05) is 5.56 Å². The van der Waals surface area contributed by atoms with Gasteiger partial charge in [0.05, 0.1) is 24.0 Å². The predicted molar refractivity (Wildman–Crippen MR) is 63.3 cm³/mol. The molecule has 102 valence electrons. The minimum Gasteiger partial charge on any atom is -0.466 e. The fourth-order valence-electron chi connectivity index (χ4n) is 1.32. The van der Waals surface area contributed by atoms with E-state index < -0.39 is 28.2 Å². The number of nitro groups is 1. The standard InChI is InChI=1S/C12H11F2NO4/c1-2-19-12(16)5-3-4-8-6-10(14)11(15(17)18)7-9(8)13/h3-4,6-7H,2,5H2,1H3. The van der Waals surface area contributed by atoms with E-state index in [0.717, 1.165) is 0 Å². The van der Waals surface area contributed by atoms with Crippen molar-refractivity contribution >= 4 is 17.7 Å². The van der Waals surface area contributed by atoms with Gasteiger partial charge in [-0.25, -0.2) is 4.39 Å². The number of nitrogens with zero attached hydrogens (tertiary/aromatic N) is 1. The number of ether oxygens (including phenoxy) is 1. The highest BCUT2D eigenvalue weighted by Crippen LogP contribution is 2.22. The van der Waals surface area contributed by atoms with Crippen LogP contribution in [0.15, 0.2) is 18.2 Å². The first-order valence-electron chi connectivity index (χ1n) is 5.41. The molecule has 0 aliphatic carbocycles. The molecule has 19 heavy (non-hydrogen) atoms. The Hall–Kier alpha value is -2.31. The van der Waals surface area contributed by atoms with Gasteiger partial charge in [-0.2, -0.15) is 4.39 Å². The highest BCUT2D eigenvalue weighted by Gasteiger charge is 2.17. The zero-order valence-electron chi connectivity index (χ0n) is 10.1. The number of hydrogen-bond donors (Lipinski definition) is 0. The van der Waals surface area contributed by atoms with Crippen molar-refractivity contribution in [2.24, 2.45) is 0 Å². The molecule has 5 nitrogen and oxygen atoms in total. The summed E-state index contributed by atoms with van der Waals surface area (Å²) in [7, 11) is 0. The second-order valence-electron chi connectivity index (χ2n) is 3.49. The van der Waals surface area contributed by atoms with Gasteiger partial charge in [-0.3, -0.25) is 14.9 Å². The van der Waals surface area contributed by atoms with Crippen LogP contribution in [0.1, 0.15) is 18.9 Å². The monoisotopic (exact) mass is 271 g/mol. The summed E-state index contributed by atoms with van der Waals surface area (Å²) in [6.45, 7) is 1.88. The van der Waals surface area contributed by atoms with E-state index in [9.17, 15) is 23.7 Å². The number of hydrogen-bond acceptors (Lipinski definition) is 4. The van der Waals surface area contributed by atoms with Crippen LogP contribution in [-0.4, -0.2) is 17.5 Å². The Kier molecular flexibility index (Phi) is 5.11. The Balaban J connectivity index is 2.85. The second kappa shape index (κ2) is 6.58. The number of rotatable bonds is 5. The number of carbonyl (C=O) groups excluding carboxylic acids is 1. The Bertz CT molecular complexity index is 529. The maximum Gasteiger partial charge on any atom is 0.309 e. The zero-order chi connectivity index (χ0) is 14.4. The van der Waals surface area contributed by atoms with Crippen LogP contribution in [0.2, 0.25) is 0 Å². The lowest BCUT2D eigenvalue weighted by Crippen LogP contribution is -2.01. The first kappa shape index (κ1) is 14.7. The van der Waals surface area contributed by atoms with Gasteiger partial charge >= 0.3 is 11.7 Å². The van der Waals surface area contributed by atoms with Crippen molar-refractivity contribution in [3.05, 3.63) is 45.5 Å². The van der Waals surface area contributed by atoms with Gasteiger partial charge in [-0.15, -0.1) is 0 Å². The molecule has 0 aliphatic heterocycles. The van der Waals surface area contributed by atoms with Crippen LogP contribution in [0.5, 0.6) is 0 Å². The summed E-state index contributed by atoms with van der Waals surface area (Å²) in [5.74, 6) is -2.57. The average molecular weight is 271 g/mol. The predicted octanol–water partition coefficient (Wildman–Crippen LogP) is 2.84. The van der Waals surface area contributed by atoms with E-state index in [1.807, 2.05) is 0 Å². The van der Waals surface area contributed by atoms with Gasteiger partial charge in [0.1, 0.15) is 5.82 Å². The Morgan fingerprint density at radius 3 is 2.68 bits per heavy atom. The highest BCUT2D eigenvalue weighted by molar-refractivity contribution is 5.72. The molecule has 0 unspecified atom stereocenters. The van der Waals surface area contributed by atoms with Crippen LogP contribution in [0.4, 0.5) is 14.5 Å². The van der Waals surface area contributed by atoms with Gasteiger partial charge in [0.15, 0.2) is 0 Å². The number of halogens is 2. The number of benzene rings is 1. The largest absolute Gasteiger partial charge is 0.466 e. The number of esters is 1. The summed E-state index contributed by atoms with van der Waals surface area (Å²) >= 11 is 0. The molecule has 0 aliphatic rings. The van der Waals surface area contributed by atoms with Crippen LogP contribution in [0.25, 0.3) is 6.08 Å². The molecule has 0 spiro atoms. The van der Waals surface area contributed by atoms with Crippen molar-refractivity contribution in [2.75, 3.05) is 6.61 Å². The maximum atomic E-state index is 13.4. The molecular formula is C12H11F2NO4. The Morgan fingerprint density at radius 2 is 2.11 bits per heavy atom. The molecule has 7 heteroatoms. The molecule has 0 amide bonds. The molecule has 0 radical (unpaired) electrons. The van der Waals surface area contributed by atoms with E-state index >= 15 is 0 Å². The quantitative estimate of drug-likeness (QED) is 0.469. The van der Waals surface area contributed by atoms with Crippen molar-refractivity contribution in [1.82, 2.24) is 0 Å². The third-order valence-electron chi connectivity index (χ3n) is 2.15. The van der Waals surface area contributed by atoms with Gasteiger partial charge < -0.3 is 4.74 Å². The van der Waals surface area contributed by atoms with E-state index in [-0.39, 0.29) is 18.6 Å².